The first kappa shape index (κ1) is 19.8. The number of hydrogen-bond donors (Lipinski definition) is 1. The summed E-state index contributed by atoms with van der Waals surface area (Å²) < 4.78 is 13.0. The van der Waals surface area contributed by atoms with Crippen molar-refractivity contribution in [2.24, 2.45) is 0 Å². The van der Waals surface area contributed by atoms with Crippen molar-refractivity contribution in [3.63, 3.8) is 0 Å². The zero-order valence-corrected chi connectivity index (χ0v) is 18.0. The molecule has 2 N–H and O–H groups in total. The summed E-state index contributed by atoms with van der Waals surface area (Å²) >= 11 is 1.52. The van der Waals surface area contributed by atoms with Crippen molar-refractivity contribution < 1.29 is 9.26 Å². The molecule has 7 nitrogen and oxygen atoms in total. The first-order valence-corrected chi connectivity index (χ1v) is 11.0. The Morgan fingerprint density at radius 2 is 2.07 bits per heavy atom. The van der Waals surface area contributed by atoms with Gasteiger partial charge in [0, 0.05) is 17.7 Å². The fraction of sp³-hybridized carbons (Fsp3) is 0.476. The van der Waals surface area contributed by atoms with E-state index in [-0.39, 0.29) is 6.61 Å². The smallest absolute Gasteiger partial charge is 0.210 e. The molecule has 8 heteroatoms. The second kappa shape index (κ2) is 8.49. The Kier molecular flexibility index (Phi) is 5.80. The lowest BCUT2D eigenvalue weighted by molar-refractivity contribution is 0.287. The molecule has 0 saturated heterocycles. The SMILES string of the molecule is Cc1ccc(C(C)C)c(OCc2nnc(SCc3noc4c3CCCC4)n2N)c1. The van der Waals surface area contributed by atoms with Crippen LogP contribution in [0.25, 0.3) is 0 Å². The number of rotatable bonds is 7. The van der Waals surface area contributed by atoms with E-state index < -0.39 is 0 Å². The van der Waals surface area contributed by atoms with Gasteiger partial charge in [-0.15, -0.1) is 10.2 Å². The number of nitrogen functional groups attached to an aromatic ring is 1. The summed E-state index contributed by atoms with van der Waals surface area (Å²) in [6.45, 7) is 6.63. The minimum absolute atomic E-state index is 0.270. The molecule has 0 atom stereocenters. The summed E-state index contributed by atoms with van der Waals surface area (Å²) in [6, 6.07) is 6.27. The van der Waals surface area contributed by atoms with E-state index in [2.05, 4.69) is 54.3 Å². The third-order valence-corrected chi connectivity index (χ3v) is 6.21. The van der Waals surface area contributed by atoms with Gasteiger partial charge in [-0.3, -0.25) is 0 Å². The van der Waals surface area contributed by atoms with Crippen LogP contribution in [0.15, 0.2) is 27.9 Å². The van der Waals surface area contributed by atoms with Gasteiger partial charge in [-0.2, -0.15) is 0 Å². The first-order valence-electron chi connectivity index (χ1n) is 10.0. The van der Waals surface area contributed by atoms with E-state index in [9.17, 15) is 0 Å². The van der Waals surface area contributed by atoms with Gasteiger partial charge in [-0.25, -0.2) is 4.68 Å². The summed E-state index contributed by atoms with van der Waals surface area (Å²) in [5.41, 5.74) is 4.58. The Balaban J connectivity index is 1.42. The number of aromatic nitrogens is 4. The molecule has 0 bridgehead atoms. The van der Waals surface area contributed by atoms with E-state index in [0.29, 0.717) is 22.7 Å². The molecule has 2 heterocycles. The molecule has 4 rings (SSSR count). The lowest BCUT2D eigenvalue weighted by Gasteiger charge is -2.14. The van der Waals surface area contributed by atoms with Crippen molar-refractivity contribution in [3.8, 4) is 5.75 Å². The predicted octanol–water partition coefficient (Wildman–Crippen LogP) is 4.16. The second-order valence-electron chi connectivity index (χ2n) is 7.78. The number of nitrogens with two attached hydrogens (primary N) is 1. The number of aryl methyl sites for hydroxylation is 2. The highest BCUT2D eigenvalue weighted by Gasteiger charge is 2.20. The van der Waals surface area contributed by atoms with Crippen LogP contribution in [0.2, 0.25) is 0 Å². The van der Waals surface area contributed by atoms with Gasteiger partial charge in [0.05, 0.1) is 5.69 Å². The Hall–Kier alpha value is -2.48. The summed E-state index contributed by atoms with van der Waals surface area (Å²) in [7, 11) is 0. The fourth-order valence-corrected chi connectivity index (χ4v) is 4.42. The lowest BCUT2D eigenvalue weighted by Crippen LogP contribution is -2.16. The summed E-state index contributed by atoms with van der Waals surface area (Å²) in [5.74, 6) is 9.76. The minimum atomic E-state index is 0.270. The molecule has 1 aliphatic carbocycles. The van der Waals surface area contributed by atoms with Crippen molar-refractivity contribution in [1.82, 2.24) is 20.0 Å². The maximum absolute atomic E-state index is 6.22. The van der Waals surface area contributed by atoms with E-state index in [4.69, 9.17) is 15.1 Å². The molecule has 0 aliphatic heterocycles. The molecular weight excluding hydrogens is 386 g/mol. The Morgan fingerprint density at radius 1 is 1.24 bits per heavy atom. The average molecular weight is 414 g/mol. The highest BCUT2D eigenvalue weighted by atomic mass is 32.2. The molecule has 0 unspecified atom stereocenters. The number of nitrogens with zero attached hydrogens (tertiary/aromatic N) is 4. The van der Waals surface area contributed by atoms with Crippen LogP contribution in [0.3, 0.4) is 0 Å². The summed E-state index contributed by atoms with van der Waals surface area (Å²) in [5, 5.41) is 13.3. The fourth-order valence-electron chi connectivity index (χ4n) is 3.59. The summed E-state index contributed by atoms with van der Waals surface area (Å²) in [4.78, 5) is 0. The topological polar surface area (TPSA) is 92.0 Å². The van der Waals surface area contributed by atoms with Crippen LogP contribution in [-0.4, -0.2) is 20.0 Å². The van der Waals surface area contributed by atoms with E-state index in [0.717, 1.165) is 35.6 Å². The van der Waals surface area contributed by atoms with E-state index >= 15 is 0 Å². The monoisotopic (exact) mass is 413 g/mol. The van der Waals surface area contributed by atoms with Gasteiger partial charge >= 0.3 is 0 Å². The zero-order valence-electron chi connectivity index (χ0n) is 17.1. The molecule has 0 radical (unpaired) electrons. The van der Waals surface area contributed by atoms with Crippen molar-refractivity contribution in [2.75, 3.05) is 5.84 Å². The molecule has 1 aliphatic rings. The van der Waals surface area contributed by atoms with Gasteiger partial charge in [0.2, 0.25) is 5.16 Å². The van der Waals surface area contributed by atoms with Crippen LogP contribution in [0.5, 0.6) is 5.75 Å². The van der Waals surface area contributed by atoms with Crippen LogP contribution in [0.4, 0.5) is 0 Å². The summed E-state index contributed by atoms with van der Waals surface area (Å²) in [6.07, 6.45) is 4.39. The van der Waals surface area contributed by atoms with Crippen LogP contribution < -0.4 is 10.6 Å². The van der Waals surface area contributed by atoms with Gasteiger partial charge in [-0.1, -0.05) is 42.9 Å². The molecular formula is C21H27N5O2S. The molecule has 0 fully saturated rings. The van der Waals surface area contributed by atoms with E-state index in [1.807, 2.05) is 0 Å². The average Bonchev–Trinajstić information content (AvgIpc) is 3.28. The van der Waals surface area contributed by atoms with Gasteiger partial charge in [0.1, 0.15) is 18.1 Å². The predicted molar refractivity (Wildman–Crippen MR) is 112 cm³/mol. The maximum atomic E-state index is 6.22. The molecule has 29 heavy (non-hydrogen) atoms. The number of hydrogen-bond acceptors (Lipinski definition) is 7. The largest absolute Gasteiger partial charge is 0.485 e. The highest BCUT2D eigenvalue weighted by molar-refractivity contribution is 7.98. The van der Waals surface area contributed by atoms with Crippen LogP contribution in [-0.2, 0) is 25.2 Å². The number of thioether (sulfide) groups is 1. The number of ether oxygens (including phenoxy) is 1. The van der Waals surface area contributed by atoms with Crippen molar-refractivity contribution >= 4 is 11.8 Å². The molecule has 2 aromatic heterocycles. The molecule has 154 valence electrons. The number of benzene rings is 1. The number of fused-ring (bicyclic) bond motifs is 1. The van der Waals surface area contributed by atoms with Gasteiger partial charge in [0.15, 0.2) is 5.82 Å². The molecule has 1 aromatic carbocycles. The third kappa shape index (κ3) is 4.27. The van der Waals surface area contributed by atoms with Gasteiger partial charge in [-0.05, 0) is 49.3 Å². The van der Waals surface area contributed by atoms with Crippen molar-refractivity contribution in [3.05, 3.63) is 52.2 Å². The van der Waals surface area contributed by atoms with Crippen molar-refractivity contribution in [2.45, 2.75) is 69.9 Å². The molecule has 0 amide bonds. The third-order valence-electron chi connectivity index (χ3n) is 5.25. The Bertz CT molecular complexity index is 995. The molecule has 3 aromatic rings. The van der Waals surface area contributed by atoms with Crippen LogP contribution in [0, 0.1) is 6.92 Å². The van der Waals surface area contributed by atoms with Crippen molar-refractivity contribution in [1.29, 1.82) is 0 Å². The normalized spacial score (nSPS) is 13.7. The maximum Gasteiger partial charge on any atom is 0.210 e. The van der Waals surface area contributed by atoms with Crippen LogP contribution in [0.1, 0.15) is 66.6 Å². The molecule has 0 saturated carbocycles. The zero-order chi connectivity index (χ0) is 20.4. The quantitative estimate of drug-likeness (QED) is 0.459. The van der Waals surface area contributed by atoms with Gasteiger partial charge in [0.25, 0.3) is 0 Å². The van der Waals surface area contributed by atoms with Crippen LogP contribution >= 0.6 is 11.8 Å². The lowest BCUT2D eigenvalue weighted by atomic mass is 9.97. The standard InChI is InChI=1S/C21H27N5O2S/c1-13(2)15-9-8-14(3)10-19(15)27-11-20-23-24-21(26(20)22)29-12-17-16-6-4-5-7-18(16)28-25-17/h8-10,13H,4-7,11-12,22H2,1-3H3. The molecule has 0 spiro atoms. The van der Waals surface area contributed by atoms with E-state index in [1.165, 1.54) is 40.4 Å². The minimum Gasteiger partial charge on any atom is -0.485 e. The highest BCUT2D eigenvalue weighted by Crippen LogP contribution is 2.30. The van der Waals surface area contributed by atoms with E-state index in [1.54, 1.807) is 0 Å². The van der Waals surface area contributed by atoms with Gasteiger partial charge < -0.3 is 15.1 Å². The second-order valence-corrected chi connectivity index (χ2v) is 8.72. The Labute approximate surface area is 175 Å². The first-order chi connectivity index (χ1) is 14.0. The Morgan fingerprint density at radius 3 is 2.90 bits per heavy atom.